The fourth-order valence-corrected chi connectivity index (χ4v) is 3.22. The van der Waals surface area contributed by atoms with E-state index in [0.29, 0.717) is 25.1 Å². The lowest BCUT2D eigenvalue weighted by Crippen LogP contribution is -2.43. The number of halogens is 1. The Morgan fingerprint density at radius 1 is 1.25 bits per heavy atom. The molecule has 0 atom stereocenters. The quantitative estimate of drug-likeness (QED) is 0.839. The number of rotatable bonds is 3. The zero-order valence-corrected chi connectivity index (χ0v) is 13.1. The average molecular weight is 328 g/mol. The Hall–Kier alpha value is -2.70. The molecule has 0 radical (unpaired) electrons. The smallest absolute Gasteiger partial charge is 0.269 e. The number of hydrogen-bond donors (Lipinski definition) is 2. The van der Waals surface area contributed by atoms with E-state index in [1.54, 1.807) is 12.1 Å². The molecule has 1 fully saturated rings. The van der Waals surface area contributed by atoms with Crippen molar-refractivity contribution in [3.63, 3.8) is 0 Å². The van der Waals surface area contributed by atoms with Crippen LogP contribution in [0.2, 0.25) is 0 Å². The van der Waals surface area contributed by atoms with Crippen molar-refractivity contribution >= 4 is 17.3 Å². The highest BCUT2D eigenvalue weighted by Crippen LogP contribution is 2.28. The SMILES string of the molecule is O=C1CCN1c1cc(Cc2n[nH]c(=O)c3c2NCCC3)ccc1F. The predicted molar refractivity (Wildman–Crippen MR) is 87.8 cm³/mol. The molecule has 7 heteroatoms. The molecule has 1 aromatic carbocycles. The van der Waals surface area contributed by atoms with Crippen LogP contribution in [-0.4, -0.2) is 29.2 Å². The van der Waals surface area contributed by atoms with Crippen LogP contribution in [0.4, 0.5) is 15.8 Å². The van der Waals surface area contributed by atoms with Crippen LogP contribution >= 0.6 is 0 Å². The molecule has 124 valence electrons. The molecular formula is C17H17FN4O2. The van der Waals surface area contributed by atoms with Crippen molar-refractivity contribution in [1.29, 1.82) is 0 Å². The topological polar surface area (TPSA) is 78.1 Å². The van der Waals surface area contributed by atoms with E-state index in [-0.39, 0.29) is 11.5 Å². The standard InChI is InChI=1S/C17H17FN4O2/c18-12-4-3-10(9-14(12)22-7-5-15(22)23)8-13-16-11(2-1-6-19-16)17(24)21-20-13/h3-4,9,19H,1-2,5-8H2,(H,21,24). The number of aromatic amines is 1. The minimum Gasteiger partial charge on any atom is -0.383 e. The maximum atomic E-state index is 14.0. The first-order valence-corrected chi connectivity index (χ1v) is 8.06. The number of carbonyl (C=O) groups is 1. The van der Waals surface area contributed by atoms with Crippen molar-refractivity contribution in [3.8, 4) is 0 Å². The van der Waals surface area contributed by atoms with E-state index in [2.05, 4.69) is 15.5 Å². The summed E-state index contributed by atoms with van der Waals surface area (Å²) in [6.07, 6.45) is 2.56. The van der Waals surface area contributed by atoms with Crippen molar-refractivity contribution in [2.24, 2.45) is 0 Å². The molecule has 0 spiro atoms. The van der Waals surface area contributed by atoms with Gasteiger partial charge in [0, 0.05) is 31.5 Å². The normalized spacial score (nSPS) is 16.4. The average Bonchev–Trinajstić information content (AvgIpc) is 2.59. The summed E-state index contributed by atoms with van der Waals surface area (Å²) in [6, 6.07) is 4.75. The third-order valence-electron chi connectivity index (χ3n) is 4.59. The lowest BCUT2D eigenvalue weighted by Gasteiger charge is -2.31. The molecule has 6 nitrogen and oxygen atoms in total. The predicted octanol–water partition coefficient (Wildman–Crippen LogP) is 1.59. The zero-order chi connectivity index (χ0) is 16.7. The van der Waals surface area contributed by atoms with Crippen LogP contribution in [-0.2, 0) is 17.6 Å². The molecule has 0 saturated carbocycles. The van der Waals surface area contributed by atoms with Gasteiger partial charge in [0.05, 0.1) is 17.1 Å². The Morgan fingerprint density at radius 3 is 2.88 bits per heavy atom. The Kier molecular flexibility index (Phi) is 3.55. The first-order valence-electron chi connectivity index (χ1n) is 8.06. The summed E-state index contributed by atoms with van der Waals surface area (Å²) in [4.78, 5) is 24.9. The Labute approximate surface area is 137 Å². The lowest BCUT2D eigenvalue weighted by atomic mass is 10.0. The molecule has 1 aromatic heterocycles. The highest BCUT2D eigenvalue weighted by atomic mass is 19.1. The molecule has 3 heterocycles. The molecule has 2 aliphatic heterocycles. The minimum absolute atomic E-state index is 0.0627. The highest BCUT2D eigenvalue weighted by Gasteiger charge is 2.28. The van der Waals surface area contributed by atoms with Gasteiger partial charge in [-0.1, -0.05) is 6.07 Å². The zero-order valence-electron chi connectivity index (χ0n) is 13.1. The molecule has 24 heavy (non-hydrogen) atoms. The molecular weight excluding hydrogens is 311 g/mol. The summed E-state index contributed by atoms with van der Waals surface area (Å²) in [5.41, 5.74) is 3.25. The summed E-state index contributed by atoms with van der Waals surface area (Å²) in [7, 11) is 0. The van der Waals surface area contributed by atoms with Crippen LogP contribution in [0, 0.1) is 5.82 Å². The number of fused-ring (bicyclic) bond motifs is 1. The summed E-state index contributed by atoms with van der Waals surface area (Å²) in [5.74, 6) is -0.464. The number of nitrogens with one attached hydrogen (secondary N) is 2. The number of carbonyl (C=O) groups excluding carboxylic acids is 1. The number of hydrogen-bond acceptors (Lipinski definition) is 4. The first-order chi connectivity index (χ1) is 11.6. The second kappa shape index (κ2) is 5.74. The number of anilines is 2. The molecule has 2 aliphatic rings. The van der Waals surface area contributed by atoms with Crippen LogP contribution in [0.15, 0.2) is 23.0 Å². The third kappa shape index (κ3) is 2.46. The lowest BCUT2D eigenvalue weighted by molar-refractivity contribution is -0.122. The fourth-order valence-electron chi connectivity index (χ4n) is 3.22. The molecule has 0 unspecified atom stereocenters. The Morgan fingerprint density at radius 2 is 2.12 bits per heavy atom. The Balaban J connectivity index is 1.68. The van der Waals surface area contributed by atoms with Crippen LogP contribution in [0.5, 0.6) is 0 Å². The molecule has 4 rings (SSSR count). The number of aromatic nitrogens is 2. The second-order valence-electron chi connectivity index (χ2n) is 6.14. The van der Waals surface area contributed by atoms with Crippen LogP contribution in [0.3, 0.4) is 0 Å². The molecule has 1 saturated heterocycles. The van der Waals surface area contributed by atoms with Crippen LogP contribution in [0.25, 0.3) is 0 Å². The van der Waals surface area contributed by atoms with Gasteiger partial charge in [-0.3, -0.25) is 9.59 Å². The first kappa shape index (κ1) is 14.9. The van der Waals surface area contributed by atoms with Gasteiger partial charge in [0.2, 0.25) is 5.91 Å². The third-order valence-corrected chi connectivity index (χ3v) is 4.59. The van der Waals surface area contributed by atoms with E-state index in [9.17, 15) is 14.0 Å². The summed E-state index contributed by atoms with van der Waals surface area (Å²) >= 11 is 0. The van der Waals surface area contributed by atoms with Crippen LogP contribution < -0.4 is 15.8 Å². The summed E-state index contributed by atoms with van der Waals surface area (Å²) in [6.45, 7) is 1.36. The second-order valence-corrected chi connectivity index (χ2v) is 6.14. The van der Waals surface area contributed by atoms with E-state index < -0.39 is 5.82 Å². The van der Waals surface area contributed by atoms with Gasteiger partial charge in [-0.2, -0.15) is 5.10 Å². The van der Waals surface area contributed by atoms with E-state index >= 15 is 0 Å². The molecule has 1 amide bonds. The van der Waals surface area contributed by atoms with Gasteiger partial charge in [0.1, 0.15) is 5.82 Å². The summed E-state index contributed by atoms with van der Waals surface area (Å²) in [5, 5.41) is 9.95. The van der Waals surface area contributed by atoms with Gasteiger partial charge in [0.15, 0.2) is 0 Å². The van der Waals surface area contributed by atoms with E-state index in [4.69, 9.17) is 0 Å². The monoisotopic (exact) mass is 328 g/mol. The van der Waals surface area contributed by atoms with Gasteiger partial charge in [-0.15, -0.1) is 0 Å². The maximum absolute atomic E-state index is 14.0. The number of H-pyrrole nitrogens is 1. The van der Waals surface area contributed by atoms with E-state index in [1.807, 2.05) is 0 Å². The molecule has 2 N–H and O–H groups in total. The molecule has 2 aromatic rings. The van der Waals surface area contributed by atoms with Crippen molar-refractivity contribution in [2.75, 3.05) is 23.3 Å². The fraction of sp³-hybridized carbons (Fsp3) is 0.353. The highest BCUT2D eigenvalue weighted by molar-refractivity contribution is 5.99. The van der Waals surface area contributed by atoms with Crippen molar-refractivity contribution < 1.29 is 9.18 Å². The van der Waals surface area contributed by atoms with Crippen molar-refractivity contribution in [2.45, 2.75) is 25.7 Å². The number of nitrogens with zero attached hydrogens (tertiary/aromatic N) is 2. The summed E-state index contributed by atoms with van der Waals surface area (Å²) < 4.78 is 14.0. The van der Waals surface area contributed by atoms with Crippen molar-refractivity contribution in [1.82, 2.24) is 10.2 Å². The van der Waals surface area contributed by atoms with Crippen molar-refractivity contribution in [3.05, 3.63) is 51.2 Å². The van der Waals surface area contributed by atoms with E-state index in [1.165, 1.54) is 11.0 Å². The van der Waals surface area contributed by atoms with E-state index in [0.717, 1.165) is 41.9 Å². The number of amides is 1. The Bertz CT molecular complexity index is 877. The van der Waals surface area contributed by atoms with Gasteiger partial charge in [-0.05, 0) is 30.5 Å². The maximum Gasteiger partial charge on any atom is 0.269 e. The van der Waals surface area contributed by atoms with Gasteiger partial charge in [0.25, 0.3) is 5.56 Å². The largest absolute Gasteiger partial charge is 0.383 e. The van der Waals surface area contributed by atoms with Gasteiger partial charge in [-0.25, -0.2) is 9.49 Å². The molecule has 0 aliphatic carbocycles. The van der Waals surface area contributed by atoms with Gasteiger partial charge >= 0.3 is 0 Å². The number of benzene rings is 1. The van der Waals surface area contributed by atoms with Crippen LogP contribution in [0.1, 0.15) is 29.7 Å². The minimum atomic E-state index is -0.401. The number of β-lactam (4-membered cyclic amide) rings is 1. The molecule has 0 bridgehead atoms. The van der Waals surface area contributed by atoms with Gasteiger partial charge < -0.3 is 10.2 Å².